The van der Waals surface area contributed by atoms with Gasteiger partial charge in [-0.25, -0.2) is 9.78 Å². The molecule has 0 amide bonds. The number of hydrogen-bond acceptors (Lipinski definition) is 4. The van der Waals surface area contributed by atoms with Gasteiger partial charge in [-0.05, 0) is 54.4 Å². The molecular formula is C27H25ClN4O3. The van der Waals surface area contributed by atoms with Crippen LogP contribution in [0.25, 0.3) is 16.7 Å². The van der Waals surface area contributed by atoms with Crippen molar-refractivity contribution in [2.45, 2.75) is 12.5 Å². The first kappa shape index (κ1) is 23.0. The molecule has 5 rings (SSSR count). The van der Waals surface area contributed by atoms with Gasteiger partial charge in [0, 0.05) is 25.2 Å². The van der Waals surface area contributed by atoms with Crippen LogP contribution in [0.2, 0.25) is 5.02 Å². The lowest BCUT2D eigenvalue weighted by molar-refractivity contribution is 0.117. The van der Waals surface area contributed by atoms with Crippen molar-refractivity contribution in [2.75, 3.05) is 6.61 Å². The largest absolute Gasteiger partial charge is 0.494 e. The van der Waals surface area contributed by atoms with Crippen LogP contribution in [-0.4, -0.2) is 30.4 Å². The van der Waals surface area contributed by atoms with Gasteiger partial charge in [-0.3, -0.25) is 9.13 Å². The Balaban J connectivity index is 1.78. The third-order valence-corrected chi connectivity index (χ3v) is 6.56. The van der Waals surface area contributed by atoms with E-state index < -0.39 is 5.60 Å². The van der Waals surface area contributed by atoms with Crippen LogP contribution < -0.4 is 10.4 Å². The SMILES string of the molecule is CCOc1cccc(-n2c(=O)n(C)c3ccc(C(O)(c4ccc(Cl)cc4)c4cncn4C)cc32)c1. The minimum atomic E-state index is -1.53. The van der Waals surface area contributed by atoms with Crippen molar-refractivity contribution < 1.29 is 9.84 Å². The van der Waals surface area contributed by atoms with Crippen molar-refractivity contribution >= 4 is 22.6 Å². The molecule has 8 heteroatoms. The highest BCUT2D eigenvalue weighted by Crippen LogP contribution is 2.38. The summed E-state index contributed by atoms with van der Waals surface area (Å²) in [7, 11) is 3.57. The fourth-order valence-corrected chi connectivity index (χ4v) is 4.68. The molecule has 0 aliphatic heterocycles. The number of rotatable bonds is 6. The second kappa shape index (κ2) is 8.76. The molecule has 0 spiro atoms. The number of aromatic nitrogens is 4. The van der Waals surface area contributed by atoms with E-state index in [2.05, 4.69) is 4.98 Å². The second-order valence-electron chi connectivity index (χ2n) is 8.42. The van der Waals surface area contributed by atoms with Gasteiger partial charge in [0.1, 0.15) is 5.75 Å². The van der Waals surface area contributed by atoms with E-state index in [1.54, 1.807) is 57.5 Å². The predicted octanol–water partition coefficient (Wildman–Crippen LogP) is 4.40. The number of nitrogens with zero attached hydrogens (tertiary/aromatic N) is 4. The molecule has 2 heterocycles. The maximum Gasteiger partial charge on any atom is 0.333 e. The van der Waals surface area contributed by atoms with Crippen LogP contribution in [0.1, 0.15) is 23.7 Å². The van der Waals surface area contributed by atoms with Gasteiger partial charge < -0.3 is 14.4 Å². The van der Waals surface area contributed by atoms with Crippen molar-refractivity contribution in [2.24, 2.45) is 14.1 Å². The van der Waals surface area contributed by atoms with Gasteiger partial charge in [0.25, 0.3) is 0 Å². The Bertz CT molecular complexity index is 1580. The smallest absolute Gasteiger partial charge is 0.333 e. The topological polar surface area (TPSA) is 74.2 Å². The van der Waals surface area contributed by atoms with Gasteiger partial charge >= 0.3 is 5.69 Å². The standard InChI is InChI=1S/C27H25ClN4O3/c1-4-35-22-7-5-6-21(15-22)32-24-14-19(10-13-23(24)31(3)26(32)33)27(34,25-16-29-17-30(25)2)18-8-11-20(28)12-9-18/h5-17,34H,4H2,1-3H3. The molecule has 3 aromatic carbocycles. The molecule has 1 unspecified atom stereocenters. The molecule has 0 aliphatic carbocycles. The van der Waals surface area contributed by atoms with Crippen LogP contribution in [0.5, 0.6) is 5.75 Å². The first-order valence-corrected chi connectivity index (χ1v) is 11.6. The van der Waals surface area contributed by atoms with Crippen LogP contribution in [0.3, 0.4) is 0 Å². The van der Waals surface area contributed by atoms with Gasteiger partial charge in [0.05, 0.1) is 41.5 Å². The summed E-state index contributed by atoms with van der Waals surface area (Å²) in [6.45, 7) is 2.44. The lowest BCUT2D eigenvalue weighted by atomic mass is 9.83. The lowest BCUT2D eigenvalue weighted by Gasteiger charge is -2.30. The van der Waals surface area contributed by atoms with E-state index in [0.29, 0.717) is 45.4 Å². The normalized spacial score (nSPS) is 13.2. The Kier molecular flexibility index (Phi) is 5.75. The summed E-state index contributed by atoms with van der Waals surface area (Å²) >= 11 is 6.14. The first-order chi connectivity index (χ1) is 16.8. The molecule has 0 bridgehead atoms. The van der Waals surface area contributed by atoms with E-state index in [9.17, 15) is 9.90 Å². The minimum absolute atomic E-state index is 0.193. The summed E-state index contributed by atoms with van der Waals surface area (Å²) in [5.41, 5.74) is 2.17. The Morgan fingerprint density at radius 3 is 2.43 bits per heavy atom. The van der Waals surface area contributed by atoms with Crippen LogP contribution >= 0.6 is 11.6 Å². The van der Waals surface area contributed by atoms with E-state index in [1.165, 1.54) is 0 Å². The zero-order valence-electron chi connectivity index (χ0n) is 19.6. The van der Waals surface area contributed by atoms with E-state index >= 15 is 0 Å². The van der Waals surface area contributed by atoms with E-state index in [0.717, 1.165) is 5.52 Å². The number of fused-ring (bicyclic) bond motifs is 1. The summed E-state index contributed by atoms with van der Waals surface area (Å²) < 4.78 is 10.7. The molecular weight excluding hydrogens is 464 g/mol. The summed E-state index contributed by atoms with van der Waals surface area (Å²) in [6, 6.07) is 20.0. The van der Waals surface area contributed by atoms with Gasteiger partial charge in [0.2, 0.25) is 0 Å². The molecule has 0 radical (unpaired) electrons. The third kappa shape index (κ3) is 3.73. The fourth-order valence-electron chi connectivity index (χ4n) is 4.56. The summed E-state index contributed by atoms with van der Waals surface area (Å²) in [5.74, 6) is 0.678. The number of benzene rings is 3. The highest BCUT2D eigenvalue weighted by atomic mass is 35.5. The van der Waals surface area contributed by atoms with Gasteiger partial charge in [-0.1, -0.05) is 35.9 Å². The molecule has 0 aliphatic rings. The molecule has 0 saturated heterocycles. The van der Waals surface area contributed by atoms with Crippen molar-refractivity contribution in [3.05, 3.63) is 112 Å². The zero-order chi connectivity index (χ0) is 24.7. The van der Waals surface area contributed by atoms with Crippen molar-refractivity contribution in [3.63, 3.8) is 0 Å². The average Bonchev–Trinajstić information content (AvgIpc) is 3.40. The highest BCUT2D eigenvalue weighted by molar-refractivity contribution is 6.30. The second-order valence-corrected chi connectivity index (χ2v) is 8.85. The van der Waals surface area contributed by atoms with E-state index in [4.69, 9.17) is 16.3 Å². The number of ether oxygens (including phenoxy) is 1. The predicted molar refractivity (Wildman–Crippen MR) is 136 cm³/mol. The Morgan fingerprint density at radius 1 is 1.00 bits per heavy atom. The molecule has 0 saturated carbocycles. The van der Waals surface area contributed by atoms with Gasteiger partial charge in [-0.2, -0.15) is 0 Å². The molecule has 35 heavy (non-hydrogen) atoms. The zero-order valence-corrected chi connectivity index (χ0v) is 20.4. The monoisotopic (exact) mass is 488 g/mol. The van der Waals surface area contributed by atoms with Crippen molar-refractivity contribution in [1.82, 2.24) is 18.7 Å². The van der Waals surface area contributed by atoms with Crippen molar-refractivity contribution in [1.29, 1.82) is 0 Å². The van der Waals surface area contributed by atoms with E-state index in [1.807, 2.05) is 56.4 Å². The molecule has 1 N–H and O–H groups in total. The molecule has 178 valence electrons. The molecule has 7 nitrogen and oxygen atoms in total. The van der Waals surface area contributed by atoms with E-state index in [-0.39, 0.29) is 5.69 Å². The van der Waals surface area contributed by atoms with Gasteiger partial charge in [-0.15, -0.1) is 0 Å². The summed E-state index contributed by atoms with van der Waals surface area (Å²) in [4.78, 5) is 17.5. The summed E-state index contributed by atoms with van der Waals surface area (Å²) in [5, 5.41) is 12.9. The number of aliphatic hydroxyl groups is 1. The fraction of sp³-hybridized carbons (Fsp3) is 0.185. The number of hydrogen-bond donors (Lipinski definition) is 1. The number of halogens is 1. The molecule has 1 atom stereocenters. The Labute approximate surface area is 207 Å². The van der Waals surface area contributed by atoms with Crippen LogP contribution in [-0.2, 0) is 19.7 Å². The Morgan fingerprint density at radius 2 is 1.74 bits per heavy atom. The van der Waals surface area contributed by atoms with Crippen LogP contribution in [0.4, 0.5) is 0 Å². The number of aryl methyl sites for hydroxylation is 2. The number of imidazole rings is 2. The molecule has 5 aromatic rings. The maximum absolute atomic E-state index is 13.3. The molecule has 0 fully saturated rings. The average molecular weight is 489 g/mol. The lowest BCUT2D eigenvalue weighted by Crippen LogP contribution is -2.31. The first-order valence-electron chi connectivity index (χ1n) is 11.2. The van der Waals surface area contributed by atoms with Gasteiger partial charge in [0.15, 0.2) is 5.60 Å². The summed E-state index contributed by atoms with van der Waals surface area (Å²) in [6.07, 6.45) is 3.29. The minimum Gasteiger partial charge on any atom is -0.494 e. The quantitative estimate of drug-likeness (QED) is 0.384. The molecule has 2 aromatic heterocycles. The third-order valence-electron chi connectivity index (χ3n) is 6.31. The van der Waals surface area contributed by atoms with Crippen molar-refractivity contribution in [3.8, 4) is 11.4 Å². The highest BCUT2D eigenvalue weighted by Gasteiger charge is 2.37. The Hall–Kier alpha value is -3.81. The van der Waals surface area contributed by atoms with Crippen LogP contribution in [0, 0.1) is 0 Å². The van der Waals surface area contributed by atoms with Crippen LogP contribution in [0.15, 0.2) is 84.0 Å². The maximum atomic E-state index is 13.3.